The molecule has 160 valence electrons. The van der Waals surface area contributed by atoms with E-state index >= 15 is 0 Å². The van der Waals surface area contributed by atoms with Gasteiger partial charge in [0, 0.05) is 6.42 Å². The van der Waals surface area contributed by atoms with E-state index in [9.17, 15) is 14.7 Å². The van der Waals surface area contributed by atoms with Gasteiger partial charge >= 0.3 is 5.97 Å². The monoisotopic (exact) mass is 414 g/mol. The summed E-state index contributed by atoms with van der Waals surface area (Å²) < 4.78 is 10.6. The number of phenols is 1. The van der Waals surface area contributed by atoms with E-state index in [1.807, 2.05) is 30.3 Å². The summed E-state index contributed by atoms with van der Waals surface area (Å²) in [5, 5.41) is 15.2. The number of carbonyl (C=O) groups is 2. The highest BCUT2D eigenvalue weighted by molar-refractivity contribution is 5.98. The summed E-state index contributed by atoms with van der Waals surface area (Å²) in [4.78, 5) is 24.4. The molecule has 2 atom stereocenters. The van der Waals surface area contributed by atoms with Crippen LogP contribution in [-0.2, 0) is 25.5 Å². The number of hydrogen-bond donors (Lipinski definition) is 4. The molecule has 2 aromatic carbocycles. The van der Waals surface area contributed by atoms with Gasteiger partial charge in [0.1, 0.15) is 11.9 Å². The fourth-order valence-electron chi connectivity index (χ4n) is 2.74. The number of rotatable bonds is 8. The van der Waals surface area contributed by atoms with Gasteiger partial charge in [-0.1, -0.05) is 36.4 Å². The Balaban J connectivity index is 2.17. The van der Waals surface area contributed by atoms with Crippen LogP contribution in [-0.4, -0.2) is 41.8 Å². The van der Waals surface area contributed by atoms with Crippen molar-refractivity contribution in [1.82, 2.24) is 5.32 Å². The maximum absolute atomic E-state index is 12.5. The van der Waals surface area contributed by atoms with Crippen molar-refractivity contribution < 1.29 is 24.2 Å². The zero-order valence-corrected chi connectivity index (χ0v) is 16.9. The van der Waals surface area contributed by atoms with E-state index in [-0.39, 0.29) is 24.7 Å². The maximum atomic E-state index is 12.5. The fourth-order valence-corrected chi connectivity index (χ4v) is 2.74. The van der Waals surface area contributed by atoms with Gasteiger partial charge in [-0.05, 0) is 42.7 Å². The van der Waals surface area contributed by atoms with Crippen LogP contribution in [0.2, 0.25) is 0 Å². The van der Waals surface area contributed by atoms with E-state index in [1.54, 1.807) is 25.1 Å². The second-order valence-corrected chi connectivity index (χ2v) is 6.47. The zero-order valence-electron chi connectivity index (χ0n) is 16.9. The highest BCUT2D eigenvalue weighted by Gasteiger charge is 2.26. The molecule has 0 heterocycles. The molecule has 6 N–H and O–H groups in total. The first kappa shape index (κ1) is 22.7. The number of amides is 1. The van der Waals surface area contributed by atoms with Crippen LogP contribution in [0.5, 0.6) is 5.75 Å². The van der Waals surface area contributed by atoms with Crippen molar-refractivity contribution in [3.63, 3.8) is 0 Å². The smallest absolute Gasteiger partial charge is 0.334 e. The largest absolute Gasteiger partial charge is 0.508 e. The number of phenolic OH excluding ortho intramolecular Hbond substituents is 1. The van der Waals surface area contributed by atoms with Crippen LogP contribution >= 0.6 is 0 Å². The first-order chi connectivity index (χ1) is 14.3. The molecule has 30 heavy (non-hydrogen) atoms. The van der Waals surface area contributed by atoms with Crippen molar-refractivity contribution in [1.29, 1.82) is 0 Å². The molecular formula is C21H26N4O5. The van der Waals surface area contributed by atoms with Gasteiger partial charge < -0.3 is 26.2 Å². The van der Waals surface area contributed by atoms with Gasteiger partial charge in [0.15, 0.2) is 6.10 Å². The SMILES string of the molecule is CCOC(=O)C(C)OC(Cc1ccc(-c2cccc(O)c2)cc1)C(=O)NC(N)=NN. The van der Waals surface area contributed by atoms with Gasteiger partial charge in [-0.15, -0.1) is 5.10 Å². The van der Waals surface area contributed by atoms with Crippen molar-refractivity contribution in [3.8, 4) is 16.9 Å². The summed E-state index contributed by atoms with van der Waals surface area (Å²) >= 11 is 0. The molecule has 0 aromatic heterocycles. The predicted molar refractivity (Wildman–Crippen MR) is 112 cm³/mol. The summed E-state index contributed by atoms with van der Waals surface area (Å²) in [5.74, 6) is 3.81. The van der Waals surface area contributed by atoms with E-state index in [0.717, 1.165) is 16.7 Å². The second-order valence-electron chi connectivity index (χ2n) is 6.47. The Kier molecular flexibility index (Phi) is 8.18. The van der Waals surface area contributed by atoms with Gasteiger partial charge in [-0.2, -0.15) is 0 Å². The molecule has 0 fully saturated rings. The lowest BCUT2D eigenvalue weighted by Crippen LogP contribution is -2.46. The van der Waals surface area contributed by atoms with Crippen LogP contribution in [0.1, 0.15) is 19.4 Å². The molecular weight excluding hydrogens is 388 g/mol. The van der Waals surface area contributed by atoms with Crippen LogP contribution in [0.15, 0.2) is 53.6 Å². The van der Waals surface area contributed by atoms with Gasteiger partial charge in [0.05, 0.1) is 6.61 Å². The summed E-state index contributed by atoms with van der Waals surface area (Å²) in [7, 11) is 0. The third-order valence-corrected chi connectivity index (χ3v) is 4.22. The number of hydrogen-bond acceptors (Lipinski definition) is 7. The molecule has 9 heteroatoms. The molecule has 0 aliphatic rings. The standard InChI is InChI=1S/C21H26N4O5/c1-3-29-20(28)13(2)30-18(19(27)24-21(22)25-23)11-14-7-9-15(10-8-14)16-5-4-6-17(26)12-16/h4-10,12-13,18,26H,3,11,23H2,1-2H3,(H3,22,24,25,27). The molecule has 0 saturated heterocycles. The minimum Gasteiger partial charge on any atom is -0.508 e. The van der Waals surface area contributed by atoms with E-state index in [1.165, 1.54) is 6.92 Å². The Morgan fingerprint density at radius 1 is 1.17 bits per heavy atom. The average Bonchev–Trinajstić information content (AvgIpc) is 2.73. The summed E-state index contributed by atoms with van der Waals surface area (Å²) in [5.41, 5.74) is 8.01. The van der Waals surface area contributed by atoms with Crippen molar-refractivity contribution in [2.24, 2.45) is 16.7 Å². The molecule has 1 amide bonds. The van der Waals surface area contributed by atoms with E-state index < -0.39 is 24.1 Å². The molecule has 0 spiro atoms. The minimum absolute atomic E-state index is 0.174. The molecule has 9 nitrogen and oxygen atoms in total. The van der Waals surface area contributed by atoms with Crippen molar-refractivity contribution >= 4 is 17.8 Å². The quantitative estimate of drug-likeness (QED) is 0.167. The third-order valence-electron chi connectivity index (χ3n) is 4.22. The molecule has 0 saturated carbocycles. The summed E-state index contributed by atoms with van der Waals surface area (Å²) in [6.07, 6.45) is -1.81. The third kappa shape index (κ3) is 6.49. The summed E-state index contributed by atoms with van der Waals surface area (Å²) in [6, 6.07) is 14.3. The topological polar surface area (TPSA) is 149 Å². The lowest BCUT2D eigenvalue weighted by atomic mass is 10.0. The lowest BCUT2D eigenvalue weighted by Gasteiger charge is -2.21. The minimum atomic E-state index is -1.03. The van der Waals surface area contributed by atoms with E-state index in [0.29, 0.717) is 0 Å². The van der Waals surface area contributed by atoms with Crippen molar-refractivity contribution in [2.75, 3.05) is 6.61 Å². The second kappa shape index (κ2) is 10.8. The van der Waals surface area contributed by atoms with E-state index in [2.05, 4.69) is 10.4 Å². The van der Waals surface area contributed by atoms with Gasteiger partial charge in [0.2, 0.25) is 5.96 Å². The number of carbonyl (C=O) groups excluding carboxylic acids is 2. The molecule has 0 bridgehead atoms. The van der Waals surface area contributed by atoms with Crippen molar-refractivity contribution in [2.45, 2.75) is 32.5 Å². The highest BCUT2D eigenvalue weighted by atomic mass is 16.6. The van der Waals surface area contributed by atoms with Crippen LogP contribution in [0.4, 0.5) is 0 Å². The fraction of sp³-hybridized carbons (Fsp3) is 0.286. The van der Waals surface area contributed by atoms with Crippen LogP contribution in [0.3, 0.4) is 0 Å². The first-order valence-electron chi connectivity index (χ1n) is 9.38. The normalized spacial score (nSPS) is 13.3. The number of ether oxygens (including phenoxy) is 2. The molecule has 0 radical (unpaired) electrons. The number of aromatic hydroxyl groups is 1. The van der Waals surface area contributed by atoms with Crippen LogP contribution < -0.4 is 16.9 Å². The van der Waals surface area contributed by atoms with Crippen molar-refractivity contribution in [3.05, 3.63) is 54.1 Å². The molecule has 2 aromatic rings. The number of nitrogens with one attached hydrogen (secondary N) is 1. The number of nitrogens with two attached hydrogens (primary N) is 2. The molecule has 0 aliphatic heterocycles. The number of benzene rings is 2. The Hall–Kier alpha value is -3.59. The number of nitrogens with zero attached hydrogens (tertiary/aromatic N) is 1. The number of esters is 1. The maximum Gasteiger partial charge on any atom is 0.334 e. The van der Waals surface area contributed by atoms with E-state index in [4.69, 9.17) is 21.1 Å². The highest BCUT2D eigenvalue weighted by Crippen LogP contribution is 2.24. The molecule has 2 rings (SSSR count). The zero-order chi connectivity index (χ0) is 22.1. The Labute approximate surface area is 174 Å². The Bertz CT molecular complexity index is 899. The van der Waals surface area contributed by atoms with Gasteiger partial charge in [-0.3, -0.25) is 10.1 Å². The lowest BCUT2D eigenvalue weighted by molar-refractivity contribution is -0.161. The predicted octanol–water partition coefficient (Wildman–Crippen LogP) is 1.24. The molecule has 2 unspecified atom stereocenters. The first-order valence-corrected chi connectivity index (χ1v) is 9.38. The van der Waals surface area contributed by atoms with Gasteiger partial charge in [0.25, 0.3) is 5.91 Å². The Morgan fingerprint density at radius 3 is 2.47 bits per heavy atom. The van der Waals surface area contributed by atoms with Gasteiger partial charge in [-0.25, -0.2) is 4.79 Å². The average molecular weight is 414 g/mol. The Morgan fingerprint density at radius 2 is 1.87 bits per heavy atom. The summed E-state index contributed by atoms with van der Waals surface area (Å²) in [6.45, 7) is 3.39. The number of guanidine groups is 1. The molecule has 0 aliphatic carbocycles. The van der Waals surface area contributed by atoms with Crippen LogP contribution in [0.25, 0.3) is 11.1 Å². The van der Waals surface area contributed by atoms with Crippen LogP contribution in [0, 0.1) is 0 Å². The number of hydrazone groups is 1.